The van der Waals surface area contributed by atoms with Crippen molar-refractivity contribution >= 4 is 17.4 Å². The van der Waals surface area contributed by atoms with Gasteiger partial charge in [-0.3, -0.25) is 19.7 Å². The molecule has 0 saturated carbocycles. The minimum absolute atomic E-state index is 0.00510. The number of hydrogen-bond donors (Lipinski definition) is 1. The highest BCUT2D eigenvalue weighted by Crippen LogP contribution is 2.22. The number of nitrogens with one attached hydrogen (secondary N) is 1. The number of nitrogens with zero attached hydrogens (tertiary/aromatic N) is 3. The molecule has 2 aromatic rings. The quantitative estimate of drug-likeness (QED) is 0.519. The van der Waals surface area contributed by atoms with E-state index in [1.165, 1.54) is 49.1 Å². The van der Waals surface area contributed by atoms with Gasteiger partial charge >= 0.3 is 0 Å². The van der Waals surface area contributed by atoms with Crippen LogP contribution in [-0.4, -0.2) is 33.4 Å². The highest BCUT2D eigenvalue weighted by Gasteiger charge is 2.18. The predicted molar refractivity (Wildman–Crippen MR) is 73.6 cm³/mol. The van der Waals surface area contributed by atoms with Crippen molar-refractivity contribution in [3.8, 4) is 5.69 Å². The molecule has 1 aromatic heterocycles. The molecule has 21 heavy (non-hydrogen) atoms. The zero-order valence-corrected chi connectivity index (χ0v) is 11.4. The third kappa shape index (κ3) is 2.78. The third-order valence-electron chi connectivity index (χ3n) is 2.87. The van der Waals surface area contributed by atoms with Crippen molar-refractivity contribution in [2.24, 2.45) is 0 Å². The molecule has 0 fully saturated rings. The fourth-order valence-electron chi connectivity index (χ4n) is 1.82. The topological polar surface area (TPSA) is 107 Å². The monoisotopic (exact) mass is 288 g/mol. The average molecular weight is 288 g/mol. The number of hydrogen-bond acceptors (Lipinski definition) is 5. The molecule has 0 bridgehead atoms. The van der Waals surface area contributed by atoms with Gasteiger partial charge in [0.1, 0.15) is 0 Å². The lowest BCUT2D eigenvalue weighted by Crippen LogP contribution is -2.18. The Morgan fingerprint density at radius 3 is 2.62 bits per heavy atom. The summed E-state index contributed by atoms with van der Waals surface area (Å²) in [6, 6.07) is 5.59. The molecule has 0 aliphatic carbocycles. The van der Waals surface area contributed by atoms with Crippen LogP contribution in [0.25, 0.3) is 5.69 Å². The molecule has 2 rings (SSSR count). The number of nitro groups is 1. The zero-order chi connectivity index (χ0) is 15.6. The minimum Gasteiger partial charge on any atom is -0.354 e. The summed E-state index contributed by atoms with van der Waals surface area (Å²) in [6.45, 7) is 1.26. The first-order chi connectivity index (χ1) is 9.93. The highest BCUT2D eigenvalue weighted by atomic mass is 16.6. The summed E-state index contributed by atoms with van der Waals surface area (Å²) in [6.07, 6.45) is 1.54. The van der Waals surface area contributed by atoms with Crippen LogP contribution in [0.1, 0.15) is 27.8 Å². The lowest BCUT2D eigenvalue weighted by molar-refractivity contribution is -0.385. The molecule has 0 radical (unpaired) electrons. The Kier molecular flexibility index (Phi) is 3.79. The maximum atomic E-state index is 11.5. The van der Waals surface area contributed by atoms with Crippen LogP contribution < -0.4 is 5.32 Å². The molecule has 8 nitrogen and oxygen atoms in total. The Bertz CT molecular complexity index is 736. The van der Waals surface area contributed by atoms with E-state index in [0.29, 0.717) is 5.69 Å². The second-order valence-electron chi connectivity index (χ2n) is 4.24. The van der Waals surface area contributed by atoms with Gasteiger partial charge < -0.3 is 5.32 Å². The van der Waals surface area contributed by atoms with E-state index in [1.54, 1.807) is 0 Å². The summed E-state index contributed by atoms with van der Waals surface area (Å²) in [5.74, 6) is -0.760. The van der Waals surface area contributed by atoms with E-state index in [4.69, 9.17) is 0 Å². The van der Waals surface area contributed by atoms with Crippen LogP contribution in [0.3, 0.4) is 0 Å². The highest BCUT2D eigenvalue weighted by molar-refractivity contribution is 5.98. The molecule has 0 unspecified atom stereocenters. The van der Waals surface area contributed by atoms with Gasteiger partial charge in [0.15, 0.2) is 11.5 Å². The SMILES string of the molecule is CNC(=O)c1ccn(-c2ccc([N+](=O)[O-])c(C(C)=O)c2)n1. The van der Waals surface area contributed by atoms with Crippen molar-refractivity contribution in [2.45, 2.75) is 6.92 Å². The van der Waals surface area contributed by atoms with Gasteiger partial charge in [0.05, 0.1) is 16.2 Å². The predicted octanol–water partition coefficient (Wildman–Crippen LogP) is 1.34. The van der Waals surface area contributed by atoms with Crippen molar-refractivity contribution in [1.29, 1.82) is 0 Å². The Labute approximate surface area is 119 Å². The maximum Gasteiger partial charge on any atom is 0.280 e. The van der Waals surface area contributed by atoms with Crippen molar-refractivity contribution in [1.82, 2.24) is 15.1 Å². The standard InChI is InChI=1S/C13H12N4O4/c1-8(18)10-7-9(3-4-12(10)17(20)21)16-6-5-11(15-16)13(19)14-2/h3-7H,1-2H3,(H,14,19). The second kappa shape index (κ2) is 5.53. The first kappa shape index (κ1) is 14.4. The van der Waals surface area contributed by atoms with E-state index in [0.717, 1.165) is 0 Å². The molecule has 0 saturated heterocycles. The first-order valence-corrected chi connectivity index (χ1v) is 6.01. The molecule has 108 valence electrons. The molecule has 1 heterocycles. The maximum absolute atomic E-state index is 11.5. The summed E-state index contributed by atoms with van der Waals surface area (Å²) < 4.78 is 1.38. The molecular weight excluding hydrogens is 276 g/mol. The Balaban J connectivity index is 2.48. The van der Waals surface area contributed by atoms with Crippen LogP contribution in [0.5, 0.6) is 0 Å². The fraction of sp³-hybridized carbons (Fsp3) is 0.154. The summed E-state index contributed by atoms with van der Waals surface area (Å²) in [5, 5.41) is 17.4. The van der Waals surface area contributed by atoms with Gasteiger partial charge in [-0.1, -0.05) is 0 Å². The van der Waals surface area contributed by atoms with Crippen molar-refractivity contribution < 1.29 is 14.5 Å². The third-order valence-corrected chi connectivity index (χ3v) is 2.87. The van der Waals surface area contributed by atoms with E-state index < -0.39 is 10.7 Å². The van der Waals surface area contributed by atoms with Crippen LogP contribution in [0.2, 0.25) is 0 Å². The van der Waals surface area contributed by atoms with Crippen LogP contribution in [0.15, 0.2) is 30.5 Å². The van der Waals surface area contributed by atoms with E-state index in [-0.39, 0.29) is 22.9 Å². The van der Waals surface area contributed by atoms with Crippen LogP contribution in [0, 0.1) is 10.1 Å². The lowest BCUT2D eigenvalue weighted by atomic mass is 10.1. The smallest absolute Gasteiger partial charge is 0.280 e. The van der Waals surface area contributed by atoms with Gasteiger partial charge in [0, 0.05) is 19.3 Å². The number of Topliss-reactive ketones (excluding diaryl/α,β-unsaturated/α-hetero) is 1. The number of benzene rings is 1. The summed E-state index contributed by atoms with van der Waals surface area (Å²) in [7, 11) is 1.49. The van der Waals surface area contributed by atoms with Gasteiger partial charge in [-0.25, -0.2) is 4.68 Å². The number of rotatable bonds is 4. The summed E-state index contributed by atoms with van der Waals surface area (Å²) in [5.41, 5.74) is 0.403. The molecular formula is C13H12N4O4. The second-order valence-corrected chi connectivity index (χ2v) is 4.24. The Morgan fingerprint density at radius 1 is 1.33 bits per heavy atom. The fourth-order valence-corrected chi connectivity index (χ4v) is 1.82. The van der Waals surface area contributed by atoms with Gasteiger partial charge in [0.2, 0.25) is 0 Å². The van der Waals surface area contributed by atoms with Crippen LogP contribution >= 0.6 is 0 Å². The van der Waals surface area contributed by atoms with Crippen molar-refractivity contribution in [2.75, 3.05) is 7.05 Å². The molecule has 0 aliphatic rings. The molecule has 1 amide bonds. The lowest BCUT2D eigenvalue weighted by Gasteiger charge is -2.04. The number of nitro benzene ring substituents is 1. The summed E-state index contributed by atoms with van der Waals surface area (Å²) in [4.78, 5) is 33.2. The number of aromatic nitrogens is 2. The average Bonchev–Trinajstić information content (AvgIpc) is 2.95. The van der Waals surface area contributed by atoms with Crippen molar-refractivity contribution in [3.05, 3.63) is 51.8 Å². The van der Waals surface area contributed by atoms with E-state index in [9.17, 15) is 19.7 Å². The van der Waals surface area contributed by atoms with Gasteiger partial charge in [-0.15, -0.1) is 0 Å². The van der Waals surface area contributed by atoms with E-state index in [1.807, 2.05) is 0 Å². The Morgan fingerprint density at radius 2 is 2.05 bits per heavy atom. The van der Waals surface area contributed by atoms with Gasteiger partial charge in [-0.05, 0) is 25.1 Å². The van der Waals surface area contributed by atoms with Gasteiger partial charge in [0.25, 0.3) is 11.6 Å². The number of amides is 1. The summed E-state index contributed by atoms with van der Waals surface area (Å²) >= 11 is 0. The Hall–Kier alpha value is -3.03. The van der Waals surface area contributed by atoms with E-state index in [2.05, 4.69) is 10.4 Å². The normalized spacial score (nSPS) is 10.2. The number of carbonyl (C=O) groups is 2. The van der Waals surface area contributed by atoms with Gasteiger partial charge in [-0.2, -0.15) is 5.10 Å². The van der Waals surface area contributed by atoms with Crippen LogP contribution in [-0.2, 0) is 0 Å². The van der Waals surface area contributed by atoms with Crippen LogP contribution in [0.4, 0.5) is 5.69 Å². The molecule has 0 atom stereocenters. The molecule has 0 aliphatic heterocycles. The molecule has 1 aromatic carbocycles. The largest absolute Gasteiger partial charge is 0.354 e. The first-order valence-electron chi connectivity index (χ1n) is 6.01. The van der Waals surface area contributed by atoms with Crippen molar-refractivity contribution in [3.63, 3.8) is 0 Å². The molecule has 8 heteroatoms. The zero-order valence-electron chi connectivity index (χ0n) is 11.4. The number of ketones is 1. The van der Waals surface area contributed by atoms with E-state index >= 15 is 0 Å². The molecule has 1 N–H and O–H groups in total. The molecule has 0 spiro atoms. The minimum atomic E-state index is -0.612. The number of carbonyl (C=O) groups excluding carboxylic acids is 2.